The van der Waals surface area contributed by atoms with Gasteiger partial charge in [0.1, 0.15) is 17.7 Å². The second kappa shape index (κ2) is 7.26. The van der Waals surface area contributed by atoms with Gasteiger partial charge in [-0.05, 0) is 24.6 Å². The molecule has 2 aliphatic heterocycles. The number of carbonyl (C=O) groups excluding carboxylic acids is 1. The predicted molar refractivity (Wildman–Crippen MR) is 89.5 cm³/mol. The van der Waals surface area contributed by atoms with Gasteiger partial charge in [-0.2, -0.15) is 8.78 Å². The van der Waals surface area contributed by atoms with Crippen molar-refractivity contribution in [2.45, 2.75) is 44.2 Å². The Morgan fingerprint density at radius 3 is 2.75 bits per heavy atom. The van der Waals surface area contributed by atoms with Gasteiger partial charge in [-0.1, -0.05) is 0 Å². The van der Waals surface area contributed by atoms with Crippen molar-refractivity contribution >= 4 is 6.29 Å². The molecule has 6 nitrogen and oxygen atoms in total. The summed E-state index contributed by atoms with van der Waals surface area (Å²) in [6, 6.07) is 2.34. The Balaban J connectivity index is 1.48. The van der Waals surface area contributed by atoms with Gasteiger partial charge < -0.3 is 10.5 Å². The van der Waals surface area contributed by atoms with Crippen LogP contribution in [0.3, 0.4) is 0 Å². The molecule has 1 aromatic carbocycles. The predicted octanol–water partition coefficient (Wildman–Crippen LogP) is 2.54. The highest BCUT2D eigenvalue weighted by Gasteiger charge is 2.38. The summed E-state index contributed by atoms with van der Waals surface area (Å²) in [6.07, 6.45) is -0.0567. The number of nitrogens with two attached hydrogens (primary N) is 1. The normalized spacial score (nSPS) is 25.3. The van der Waals surface area contributed by atoms with Crippen LogP contribution < -0.4 is 5.73 Å². The van der Waals surface area contributed by atoms with Crippen molar-refractivity contribution in [1.29, 1.82) is 0 Å². The summed E-state index contributed by atoms with van der Waals surface area (Å²) in [5.41, 5.74) is 6.95. The zero-order chi connectivity index (χ0) is 20.0. The number of alkyl halides is 2. The molecule has 3 heterocycles. The average Bonchev–Trinajstić information content (AvgIpc) is 3.21. The first-order chi connectivity index (χ1) is 13.4. The number of aldehydes is 1. The number of ether oxygens (including phenoxy) is 1. The Kier molecular flexibility index (Phi) is 4.94. The maximum atomic E-state index is 14.0. The molecule has 2 aliphatic rings. The Morgan fingerprint density at radius 2 is 2.07 bits per heavy atom. The SMILES string of the molecule is NC1CC(N2Cc3nc(C=O)n(C(F)F)c3C2)CO[C@@H]1c1cc(F)ccc1F. The molecule has 0 radical (unpaired) electrons. The lowest BCUT2D eigenvalue weighted by Crippen LogP contribution is -2.48. The molecular formula is C18H18F4N4O2. The fourth-order valence-electron chi connectivity index (χ4n) is 3.98. The Bertz CT molecular complexity index is 904. The smallest absolute Gasteiger partial charge is 0.320 e. The first-order valence-electron chi connectivity index (χ1n) is 8.78. The number of rotatable bonds is 4. The van der Waals surface area contributed by atoms with Crippen LogP contribution in [0.5, 0.6) is 0 Å². The van der Waals surface area contributed by atoms with Crippen molar-refractivity contribution in [1.82, 2.24) is 14.5 Å². The van der Waals surface area contributed by atoms with E-state index >= 15 is 0 Å². The summed E-state index contributed by atoms with van der Waals surface area (Å²) in [5.74, 6) is -1.46. The quantitative estimate of drug-likeness (QED) is 0.633. The van der Waals surface area contributed by atoms with E-state index in [1.54, 1.807) is 0 Å². The minimum Gasteiger partial charge on any atom is -0.370 e. The summed E-state index contributed by atoms with van der Waals surface area (Å²) >= 11 is 0. The Hall–Kier alpha value is -2.30. The molecule has 1 fully saturated rings. The summed E-state index contributed by atoms with van der Waals surface area (Å²) in [4.78, 5) is 16.8. The molecule has 28 heavy (non-hydrogen) atoms. The lowest BCUT2D eigenvalue weighted by molar-refractivity contribution is -0.0539. The van der Waals surface area contributed by atoms with E-state index in [1.807, 2.05) is 4.90 Å². The fraction of sp³-hybridized carbons (Fsp3) is 0.444. The highest BCUT2D eigenvalue weighted by Crippen LogP contribution is 2.35. The second-order valence-electron chi connectivity index (χ2n) is 7.01. The molecule has 0 aliphatic carbocycles. The van der Waals surface area contributed by atoms with Gasteiger partial charge >= 0.3 is 6.55 Å². The standard InChI is InChI=1S/C18H18F4N4O2/c19-9-1-2-12(20)11(3-9)17-13(23)4-10(8-28-17)25-5-14-15(6-25)26(18(21)22)16(7-27)24-14/h1-3,7,10,13,17-18H,4-6,8,23H2/t10?,13?,17-/m1/s1. The van der Waals surface area contributed by atoms with E-state index in [0.29, 0.717) is 28.7 Å². The van der Waals surface area contributed by atoms with Crippen molar-refractivity contribution in [2.75, 3.05) is 6.61 Å². The molecule has 0 amide bonds. The Morgan fingerprint density at radius 1 is 1.29 bits per heavy atom. The molecule has 4 rings (SSSR count). The summed E-state index contributed by atoms with van der Waals surface area (Å²) in [7, 11) is 0. The molecule has 0 saturated carbocycles. The monoisotopic (exact) mass is 398 g/mol. The van der Waals surface area contributed by atoms with Gasteiger partial charge in [0.05, 0.1) is 18.0 Å². The third kappa shape index (κ3) is 3.21. The van der Waals surface area contributed by atoms with E-state index in [-0.39, 0.29) is 37.1 Å². The zero-order valence-corrected chi connectivity index (χ0v) is 14.7. The van der Waals surface area contributed by atoms with E-state index in [4.69, 9.17) is 10.5 Å². The molecule has 1 saturated heterocycles. The van der Waals surface area contributed by atoms with Crippen LogP contribution in [-0.2, 0) is 17.8 Å². The van der Waals surface area contributed by atoms with Crippen molar-refractivity contribution in [3.63, 3.8) is 0 Å². The average molecular weight is 398 g/mol. The number of imidazole rings is 1. The fourth-order valence-corrected chi connectivity index (χ4v) is 3.98. The van der Waals surface area contributed by atoms with Crippen molar-refractivity contribution in [3.05, 3.63) is 52.6 Å². The number of carbonyl (C=O) groups is 1. The lowest BCUT2D eigenvalue weighted by Gasteiger charge is -2.38. The molecular weight excluding hydrogens is 380 g/mol. The minimum atomic E-state index is -2.86. The number of fused-ring (bicyclic) bond motifs is 1. The summed E-state index contributed by atoms with van der Waals surface area (Å²) in [6.45, 7) is -2.20. The number of nitrogens with zero attached hydrogens (tertiary/aromatic N) is 3. The third-order valence-corrected chi connectivity index (χ3v) is 5.31. The van der Waals surface area contributed by atoms with E-state index in [1.165, 1.54) is 0 Å². The number of benzene rings is 1. The van der Waals surface area contributed by atoms with E-state index in [0.717, 1.165) is 18.2 Å². The lowest BCUT2D eigenvalue weighted by atomic mass is 9.93. The van der Waals surface area contributed by atoms with Gasteiger partial charge in [-0.15, -0.1) is 0 Å². The number of hydrogen-bond donors (Lipinski definition) is 1. The molecule has 2 N–H and O–H groups in total. The van der Waals surface area contributed by atoms with Crippen molar-refractivity contribution in [3.8, 4) is 0 Å². The topological polar surface area (TPSA) is 73.4 Å². The number of halogens is 4. The highest BCUT2D eigenvalue weighted by molar-refractivity contribution is 5.70. The molecule has 0 bridgehead atoms. The summed E-state index contributed by atoms with van der Waals surface area (Å²) < 4.78 is 60.4. The zero-order valence-electron chi connectivity index (χ0n) is 14.7. The van der Waals surface area contributed by atoms with Crippen LogP contribution in [0.2, 0.25) is 0 Å². The van der Waals surface area contributed by atoms with Crippen LogP contribution in [0.25, 0.3) is 0 Å². The second-order valence-corrected chi connectivity index (χ2v) is 7.01. The molecule has 3 atom stereocenters. The maximum Gasteiger partial charge on any atom is 0.320 e. The van der Waals surface area contributed by atoms with Crippen molar-refractivity contribution < 1.29 is 27.1 Å². The van der Waals surface area contributed by atoms with Gasteiger partial charge in [0.2, 0.25) is 0 Å². The van der Waals surface area contributed by atoms with Crippen LogP contribution in [0, 0.1) is 11.6 Å². The van der Waals surface area contributed by atoms with Gasteiger partial charge in [-0.25, -0.2) is 13.8 Å². The van der Waals surface area contributed by atoms with E-state index in [2.05, 4.69) is 4.98 Å². The molecule has 2 unspecified atom stereocenters. The van der Waals surface area contributed by atoms with Crippen LogP contribution in [0.15, 0.2) is 18.2 Å². The first-order valence-corrected chi connectivity index (χ1v) is 8.78. The highest BCUT2D eigenvalue weighted by atomic mass is 19.3. The minimum absolute atomic E-state index is 0.0668. The number of hydrogen-bond acceptors (Lipinski definition) is 5. The molecule has 0 spiro atoms. The first kappa shape index (κ1) is 19.0. The number of aromatic nitrogens is 2. The molecule has 1 aromatic heterocycles. The third-order valence-electron chi connectivity index (χ3n) is 5.31. The maximum absolute atomic E-state index is 14.0. The van der Waals surface area contributed by atoms with E-state index < -0.39 is 30.3 Å². The largest absolute Gasteiger partial charge is 0.370 e. The molecule has 150 valence electrons. The van der Waals surface area contributed by atoms with Crippen LogP contribution in [-0.4, -0.2) is 39.4 Å². The van der Waals surface area contributed by atoms with Gasteiger partial charge in [0, 0.05) is 30.7 Å². The molecule has 10 heteroatoms. The van der Waals surface area contributed by atoms with Gasteiger partial charge in [0.25, 0.3) is 0 Å². The van der Waals surface area contributed by atoms with E-state index in [9.17, 15) is 22.4 Å². The Labute approximate surface area is 157 Å². The van der Waals surface area contributed by atoms with Gasteiger partial charge in [-0.3, -0.25) is 14.3 Å². The molecule has 2 aromatic rings. The van der Waals surface area contributed by atoms with Gasteiger partial charge in [0.15, 0.2) is 12.1 Å². The van der Waals surface area contributed by atoms with Crippen molar-refractivity contribution in [2.24, 2.45) is 5.73 Å². The van der Waals surface area contributed by atoms with Crippen LogP contribution >= 0.6 is 0 Å². The van der Waals surface area contributed by atoms with Crippen LogP contribution in [0.1, 0.15) is 46.6 Å². The van der Waals surface area contributed by atoms with Crippen LogP contribution in [0.4, 0.5) is 17.6 Å². The summed E-state index contributed by atoms with van der Waals surface area (Å²) in [5, 5.41) is 0.